The first-order valence-electron chi connectivity index (χ1n) is 6.98. The minimum atomic E-state index is -2.41. The van der Waals surface area contributed by atoms with E-state index in [4.69, 9.17) is 9.47 Å². The molecule has 1 rings (SSSR count). The molecule has 120 valence electrons. The molecular weight excluding hydrogens is 344 g/mol. The number of hydrogen-bond acceptors (Lipinski definition) is 3. The van der Waals surface area contributed by atoms with Crippen LogP contribution in [0.5, 0.6) is 5.75 Å². The first-order valence-corrected chi connectivity index (χ1v) is 7.77. The Balaban J connectivity index is 2.56. The van der Waals surface area contributed by atoms with Crippen LogP contribution in [0.4, 0.5) is 8.78 Å². The van der Waals surface area contributed by atoms with Crippen LogP contribution in [-0.2, 0) is 11.2 Å². The summed E-state index contributed by atoms with van der Waals surface area (Å²) in [5, 5.41) is 3.35. The molecule has 0 saturated heterocycles. The van der Waals surface area contributed by atoms with Crippen molar-refractivity contribution < 1.29 is 18.3 Å². The van der Waals surface area contributed by atoms with Gasteiger partial charge in [0.25, 0.3) is 6.43 Å². The van der Waals surface area contributed by atoms with Crippen molar-refractivity contribution in [2.75, 3.05) is 26.9 Å². The molecule has 1 atom stereocenters. The van der Waals surface area contributed by atoms with E-state index in [1.807, 2.05) is 25.1 Å². The van der Waals surface area contributed by atoms with Gasteiger partial charge in [-0.05, 0) is 43.1 Å². The van der Waals surface area contributed by atoms with Gasteiger partial charge in [-0.2, -0.15) is 0 Å². The maximum atomic E-state index is 12.0. The number of alkyl halides is 2. The van der Waals surface area contributed by atoms with Gasteiger partial charge in [0.05, 0.1) is 7.11 Å². The molecule has 0 amide bonds. The zero-order valence-corrected chi connectivity index (χ0v) is 14.0. The number of rotatable bonds is 10. The van der Waals surface area contributed by atoms with Crippen molar-refractivity contribution in [1.82, 2.24) is 5.32 Å². The van der Waals surface area contributed by atoms with Crippen LogP contribution in [0.15, 0.2) is 22.7 Å². The van der Waals surface area contributed by atoms with Crippen LogP contribution in [-0.4, -0.2) is 39.3 Å². The van der Waals surface area contributed by atoms with Crippen LogP contribution in [0.2, 0.25) is 0 Å². The molecular formula is C15H22BrF2NO2. The third-order valence-electron chi connectivity index (χ3n) is 3.07. The number of methoxy groups -OCH3 is 1. The summed E-state index contributed by atoms with van der Waals surface area (Å²) in [7, 11) is 1.63. The van der Waals surface area contributed by atoms with Crippen molar-refractivity contribution in [3.8, 4) is 5.75 Å². The lowest BCUT2D eigenvalue weighted by atomic mass is 10.0. The fourth-order valence-corrected chi connectivity index (χ4v) is 2.47. The summed E-state index contributed by atoms with van der Waals surface area (Å²) < 4.78 is 35.3. The summed E-state index contributed by atoms with van der Waals surface area (Å²) in [5.74, 6) is 0.803. The Morgan fingerprint density at radius 3 is 2.71 bits per heavy atom. The van der Waals surface area contributed by atoms with E-state index in [9.17, 15) is 8.78 Å². The normalized spacial score (nSPS) is 12.7. The summed E-state index contributed by atoms with van der Waals surface area (Å²) in [5.41, 5.74) is 1.12. The molecule has 0 radical (unpaired) electrons. The molecule has 0 fully saturated rings. The van der Waals surface area contributed by atoms with E-state index in [2.05, 4.69) is 21.2 Å². The van der Waals surface area contributed by atoms with Crippen LogP contribution in [0.25, 0.3) is 0 Å². The minimum Gasteiger partial charge on any atom is -0.497 e. The van der Waals surface area contributed by atoms with E-state index in [1.165, 1.54) is 0 Å². The molecule has 0 bridgehead atoms. The van der Waals surface area contributed by atoms with Crippen molar-refractivity contribution >= 4 is 15.9 Å². The lowest BCUT2D eigenvalue weighted by molar-refractivity contribution is 0.0144. The van der Waals surface area contributed by atoms with Gasteiger partial charge in [0.2, 0.25) is 0 Å². The number of nitrogens with one attached hydrogen (secondary N) is 1. The van der Waals surface area contributed by atoms with Gasteiger partial charge in [-0.15, -0.1) is 0 Å². The molecule has 0 aliphatic carbocycles. The van der Waals surface area contributed by atoms with Gasteiger partial charge in [-0.3, -0.25) is 0 Å². The lowest BCUT2D eigenvalue weighted by Gasteiger charge is -2.19. The van der Waals surface area contributed by atoms with Gasteiger partial charge in [0.1, 0.15) is 12.4 Å². The Bertz CT molecular complexity index is 419. The summed E-state index contributed by atoms with van der Waals surface area (Å²) in [6.45, 7) is 2.67. The molecule has 6 heteroatoms. The lowest BCUT2D eigenvalue weighted by Crippen LogP contribution is -2.32. The maximum Gasteiger partial charge on any atom is 0.261 e. The monoisotopic (exact) mass is 365 g/mol. The first-order chi connectivity index (χ1) is 10.1. The van der Waals surface area contributed by atoms with Gasteiger partial charge < -0.3 is 14.8 Å². The second-order valence-corrected chi connectivity index (χ2v) is 5.53. The highest BCUT2D eigenvalue weighted by Gasteiger charge is 2.12. The summed E-state index contributed by atoms with van der Waals surface area (Å²) >= 11 is 3.53. The molecule has 0 saturated carbocycles. The molecule has 3 nitrogen and oxygen atoms in total. The average Bonchev–Trinajstić information content (AvgIpc) is 2.45. The fourth-order valence-electron chi connectivity index (χ4n) is 2.06. The highest BCUT2D eigenvalue weighted by atomic mass is 79.9. The number of hydrogen-bond donors (Lipinski definition) is 1. The van der Waals surface area contributed by atoms with Crippen LogP contribution in [0, 0.1) is 0 Å². The third kappa shape index (κ3) is 7.20. The molecule has 0 heterocycles. The van der Waals surface area contributed by atoms with Gasteiger partial charge in [0, 0.05) is 17.1 Å². The van der Waals surface area contributed by atoms with Crippen molar-refractivity contribution in [3.05, 3.63) is 28.2 Å². The standard InChI is InChI=1S/C15H22BrF2NO2/c1-3-19-12(6-7-21-10-15(17)18)8-11-9-13(20-2)4-5-14(11)16/h4-5,9,12,15,19H,3,6-8,10H2,1-2H3. The largest absolute Gasteiger partial charge is 0.497 e. The van der Waals surface area contributed by atoms with E-state index < -0.39 is 13.0 Å². The van der Waals surface area contributed by atoms with Crippen LogP contribution >= 0.6 is 15.9 Å². The first kappa shape index (κ1) is 18.3. The van der Waals surface area contributed by atoms with Crippen molar-refractivity contribution in [1.29, 1.82) is 0 Å². The quantitative estimate of drug-likeness (QED) is 0.642. The highest BCUT2D eigenvalue weighted by molar-refractivity contribution is 9.10. The summed E-state index contributed by atoms with van der Waals surface area (Å²) in [6.07, 6.45) is -0.941. The zero-order valence-electron chi connectivity index (χ0n) is 12.4. The van der Waals surface area contributed by atoms with Gasteiger partial charge in [-0.25, -0.2) is 8.78 Å². The van der Waals surface area contributed by atoms with Crippen LogP contribution < -0.4 is 10.1 Å². The Labute approximate surface area is 133 Å². The summed E-state index contributed by atoms with van der Waals surface area (Å²) in [6, 6.07) is 6.00. The molecule has 1 N–H and O–H groups in total. The van der Waals surface area contributed by atoms with Crippen LogP contribution in [0.3, 0.4) is 0 Å². The number of halogens is 3. The SMILES string of the molecule is CCNC(CCOCC(F)F)Cc1cc(OC)ccc1Br. The topological polar surface area (TPSA) is 30.5 Å². The Morgan fingerprint density at radius 2 is 2.10 bits per heavy atom. The highest BCUT2D eigenvalue weighted by Crippen LogP contribution is 2.24. The van der Waals surface area contributed by atoms with E-state index in [0.29, 0.717) is 13.0 Å². The second-order valence-electron chi connectivity index (χ2n) is 4.67. The molecule has 21 heavy (non-hydrogen) atoms. The van der Waals surface area contributed by atoms with Gasteiger partial charge in [0.15, 0.2) is 0 Å². The van der Waals surface area contributed by atoms with Gasteiger partial charge in [-0.1, -0.05) is 22.9 Å². The molecule has 0 aliphatic heterocycles. The molecule has 0 aliphatic rings. The Morgan fingerprint density at radius 1 is 1.33 bits per heavy atom. The van der Waals surface area contributed by atoms with E-state index in [-0.39, 0.29) is 6.04 Å². The predicted octanol–water partition coefficient (Wildman–Crippen LogP) is 3.65. The number of benzene rings is 1. The fraction of sp³-hybridized carbons (Fsp3) is 0.600. The van der Waals surface area contributed by atoms with Crippen molar-refractivity contribution in [2.24, 2.45) is 0 Å². The maximum absolute atomic E-state index is 12.0. The molecule has 1 aromatic rings. The molecule has 1 unspecified atom stereocenters. The van der Waals surface area contributed by atoms with E-state index in [0.717, 1.165) is 28.8 Å². The molecule has 0 aromatic heterocycles. The number of ether oxygens (including phenoxy) is 2. The van der Waals surface area contributed by atoms with Crippen molar-refractivity contribution in [2.45, 2.75) is 32.2 Å². The third-order valence-corrected chi connectivity index (χ3v) is 3.84. The number of likely N-dealkylation sites (N-methyl/N-ethyl adjacent to an activating group) is 1. The summed E-state index contributed by atoms with van der Waals surface area (Å²) in [4.78, 5) is 0. The smallest absolute Gasteiger partial charge is 0.261 e. The van der Waals surface area contributed by atoms with Gasteiger partial charge >= 0.3 is 0 Å². The second kappa shape index (κ2) is 10.1. The van der Waals surface area contributed by atoms with E-state index in [1.54, 1.807) is 7.11 Å². The zero-order chi connectivity index (χ0) is 15.7. The Hall–Kier alpha value is -0.720. The minimum absolute atomic E-state index is 0.177. The average molecular weight is 366 g/mol. The van der Waals surface area contributed by atoms with E-state index >= 15 is 0 Å². The predicted molar refractivity (Wildman–Crippen MR) is 83.3 cm³/mol. The van der Waals surface area contributed by atoms with Crippen molar-refractivity contribution in [3.63, 3.8) is 0 Å². The van der Waals surface area contributed by atoms with Crippen LogP contribution in [0.1, 0.15) is 18.9 Å². The Kier molecular flexibility index (Phi) is 8.80. The molecule has 0 spiro atoms. The molecule has 1 aromatic carbocycles.